The molecule has 0 aliphatic heterocycles. The van der Waals surface area contributed by atoms with E-state index in [1.54, 1.807) is 6.08 Å². The summed E-state index contributed by atoms with van der Waals surface area (Å²) in [7, 11) is 0. The Labute approximate surface area is 296 Å². The molecule has 0 spiro atoms. The van der Waals surface area contributed by atoms with Crippen LogP contribution in [0.15, 0.2) is 72.4 Å². The van der Waals surface area contributed by atoms with E-state index >= 15 is 0 Å². The zero-order chi connectivity index (χ0) is 35.7. The lowest BCUT2D eigenvalue weighted by atomic mass is 9.65. The standard InChI is InChI=1S/C35H50.C5H12.C4H10.C3H6/c1-6-9-17-30-22-26-35(24-7-2,27-23-30)25-13-15-28(4)14-12-18-31-20-21-34(32(31)8-3)33-19-11-10-16-29(33)5;1-5(2,3)4;1-3-4-2;1-3-2/h3,10-12,16,18-19,30,34H,4,6-7,9,13-15,17,20-27H2,1-2,5H3;1-4H3;3-4H2,1-2H3;3H,1H2,2H3/b18-12-;;;. The maximum atomic E-state index is 5.98. The minimum atomic E-state index is 0.385. The number of terminal acetylenes is 1. The molecule has 0 aromatic heterocycles. The zero-order valence-electron chi connectivity index (χ0n) is 33.2. The van der Waals surface area contributed by atoms with Crippen LogP contribution in [0.1, 0.15) is 189 Å². The number of benzene rings is 1. The summed E-state index contributed by atoms with van der Waals surface area (Å²) in [5.41, 5.74) is 7.79. The van der Waals surface area contributed by atoms with Gasteiger partial charge in [-0.1, -0.05) is 154 Å². The van der Waals surface area contributed by atoms with Gasteiger partial charge in [-0.3, -0.25) is 0 Å². The first-order chi connectivity index (χ1) is 22.3. The average molecular weight is 643 g/mol. The molecular formula is C47H78. The SMILES string of the molecule is C#CC1=C(/C=C\CC(=C)CCCC2(CCC)CCC(CCCC)CC2)CCC1c1ccccc1C.C=CC.CC(C)(C)C.CCCC. The highest BCUT2D eigenvalue weighted by molar-refractivity contribution is 5.50. The molecule has 0 nitrogen and oxygen atoms in total. The number of aryl methyl sites for hydroxylation is 1. The van der Waals surface area contributed by atoms with Crippen LogP contribution < -0.4 is 0 Å². The second-order valence-corrected chi connectivity index (χ2v) is 16.0. The Morgan fingerprint density at radius 3 is 2.04 bits per heavy atom. The highest BCUT2D eigenvalue weighted by atomic mass is 14.4. The van der Waals surface area contributed by atoms with E-state index in [1.807, 2.05) is 6.92 Å². The van der Waals surface area contributed by atoms with Crippen LogP contribution >= 0.6 is 0 Å². The number of hydrogen-bond acceptors (Lipinski definition) is 0. The monoisotopic (exact) mass is 643 g/mol. The third kappa shape index (κ3) is 20.0. The predicted molar refractivity (Wildman–Crippen MR) is 216 cm³/mol. The molecule has 1 unspecified atom stereocenters. The van der Waals surface area contributed by atoms with E-state index in [2.05, 4.69) is 118 Å². The van der Waals surface area contributed by atoms with Crippen LogP contribution in [0.5, 0.6) is 0 Å². The van der Waals surface area contributed by atoms with Crippen molar-refractivity contribution in [1.29, 1.82) is 0 Å². The smallest absolute Gasteiger partial charge is 0.0177 e. The summed E-state index contributed by atoms with van der Waals surface area (Å²) in [4.78, 5) is 0. The molecule has 0 heterocycles. The van der Waals surface area contributed by atoms with Gasteiger partial charge >= 0.3 is 0 Å². The fraction of sp³-hybridized carbons (Fsp3) is 0.660. The second kappa shape index (κ2) is 25.7. The molecule has 3 rings (SSSR count). The van der Waals surface area contributed by atoms with Crippen molar-refractivity contribution >= 4 is 0 Å². The zero-order valence-corrected chi connectivity index (χ0v) is 33.2. The average Bonchev–Trinajstić information content (AvgIpc) is 3.43. The van der Waals surface area contributed by atoms with Gasteiger partial charge in [-0.25, -0.2) is 0 Å². The summed E-state index contributed by atoms with van der Waals surface area (Å²) in [5, 5.41) is 0. The molecule has 0 radical (unpaired) electrons. The molecule has 1 fully saturated rings. The lowest BCUT2D eigenvalue weighted by Crippen LogP contribution is -2.27. The van der Waals surface area contributed by atoms with Gasteiger partial charge < -0.3 is 0 Å². The molecule has 0 saturated heterocycles. The molecular weight excluding hydrogens is 565 g/mol. The lowest BCUT2D eigenvalue weighted by Gasteiger charge is -2.41. The molecule has 0 amide bonds. The van der Waals surface area contributed by atoms with Gasteiger partial charge in [0, 0.05) is 11.5 Å². The van der Waals surface area contributed by atoms with Crippen molar-refractivity contribution in [2.24, 2.45) is 16.7 Å². The molecule has 47 heavy (non-hydrogen) atoms. The highest BCUT2D eigenvalue weighted by Crippen LogP contribution is 2.47. The van der Waals surface area contributed by atoms with E-state index < -0.39 is 0 Å². The van der Waals surface area contributed by atoms with Crippen molar-refractivity contribution in [2.75, 3.05) is 0 Å². The predicted octanol–water partition coefficient (Wildman–Crippen LogP) is 15.7. The van der Waals surface area contributed by atoms with E-state index in [0.29, 0.717) is 16.7 Å². The molecule has 0 N–H and O–H groups in total. The normalized spacial score (nSPS) is 20.6. The number of hydrogen-bond donors (Lipinski definition) is 0. The van der Waals surface area contributed by atoms with Crippen LogP contribution in [0.3, 0.4) is 0 Å². The Balaban J connectivity index is 0.00000152. The maximum Gasteiger partial charge on any atom is 0.0177 e. The first-order valence-electron chi connectivity index (χ1n) is 19.5. The first-order valence-corrected chi connectivity index (χ1v) is 19.5. The van der Waals surface area contributed by atoms with Crippen LogP contribution in [-0.4, -0.2) is 0 Å². The largest absolute Gasteiger partial charge is 0.115 e. The summed E-state index contributed by atoms with van der Waals surface area (Å²) in [6, 6.07) is 8.69. The van der Waals surface area contributed by atoms with Gasteiger partial charge in [-0.05, 0) is 118 Å². The third-order valence-electron chi connectivity index (χ3n) is 9.49. The number of rotatable bonds is 14. The molecule has 1 aromatic rings. The summed E-state index contributed by atoms with van der Waals surface area (Å²) in [5.74, 6) is 4.42. The van der Waals surface area contributed by atoms with Crippen LogP contribution in [0.2, 0.25) is 0 Å². The topological polar surface area (TPSA) is 0 Å². The molecule has 1 saturated carbocycles. The number of allylic oxidation sites excluding steroid dienone is 6. The van der Waals surface area contributed by atoms with Crippen molar-refractivity contribution in [3.63, 3.8) is 0 Å². The summed E-state index contributed by atoms with van der Waals surface area (Å²) < 4.78 is 0. The van der Waals surface area contributed by atoms with E-state index in [0.717, 1.165) is 25.2 Å². The third-order valence-corrected chi connectivity index (χ3v) is 9.49. The fourth-order valence-electron chi connectivity index (χ4n) is 6.87. The lowest BCUT2D eigenvalue weighted by molar-refractivity contribution is 0.115. The van der Waals surface area contributed by atoms with Crippen LogP contribution in [0, 0.1) is 36.0 Å². The molecule has 2 aliphatic carbocycles. The van der Waals surface area contributed by atoms with Crippen LogP contribution in [0.4, 0.5) is 0 Å². The Morgan fingerprint density at radius 1 is 0.936 bits per heavy atom. The minimum absolute atomic E-state index is 0.385. The Morgan fingerprint density at radius 2 is 1.53 bits per heavy atom. The molecule has 0 bridgehead atoms. The molecule has 0 heteroatoms. The van der Waals surface area contributed by atoms with E-state index in [4.69, 9.17) is 6.42 Å². The van der Waals surface area contributed by atoms with Crippen molar-refractivity contribution in [2.45, 2.75) is 184 Å². The molecule has 1 aromatic carbocycles. The van der Waals surface area contributed by atoms with Gasteiger partial charge in [0.25, 0.3) is 0 Å². The van der Waals surface area contributed by atoms with Gasteiger partial charge in [-0.15, -0.1) is 13.0 Å². The summed E-state index contributed by atoms with van der Waals surface area (Å²) >= 11 is 0. The second-order valence-electron chi connectivity index (χ2n) is 16.0. The van der Waals surface area contributed by atoms with Gasteiger partial charge in [0.05, 0.1) is 0 Å². The molecule has 2 aliphatic rings. The number of unbranched alkanes of at least 4 members (excludes halogenated alkanes) is 2. The first kappa shape index (κ1) is 44.7. The molecule has 266 valence electrons. The maximum absolute atomic E-state index is 5.98. The van der Waals surface area contributed by atoms with Gasteiger partial charge in [0.2, 0.25) is 0 Å². The van der Waals surface area contributed by atoms with Crippen LogP contribution in [-0.2, 0) is 0 Å². The summed E-state index contributed by atoms with van der Waals surface area (Å²) in [6.07, 6.45) is 34.9. The van der Waals surface area contributed by atoms with Crippen molar-refractivity contribution in [3.8, 4) is 12.3 Å². The summed E-state index contributed by atoms with van der Waals surface area (Å²) in [6.45, 7) is 29.7. The quantitative estimate of drug-likeness (QED) is 0.140. The van der Waals surface area contributed by atoms with Gasteiger partial charge in [0.1, 0.15) is 0 Å². The van der Waals surface area contributed by atoms with E-state index in [-0.39, 0.29) is 0 Å². The van der Waals surface area contributed by atoms with Crippen molar-refractivity contribution in [1.82, 2.24) is 0 Å². The van der Waals surface area contributed by atoms with E-state index in [1.165, 1.54) is 118 Å². The molecule has 1 atom stereocenters. The van der Waals surface area contributed by atoms with E-state index in [9.17, 15) is 0 Å². The Bertz CT molecular complexity index is 1060. The highest BCUT2D eigenvalue weighted by Gasteiger charge is 2.33. The Kier molecular flexibility index (Phi) is 24.5. The van der Waals surface area contributed by atoms with Crippen molar-refractivity contribution in [3.05, 3.63) is 83.5 Å². The van der Waals surface area contributed by atoms with Gasteiger partial charge in [0.15, 0.2) is 0 Å². The fourth-order valence-corrected chi connectivity index (χ4v) is 6.87. The minimum Gasteiger partial charge on any atom is -0.115 e. The van der Waals surface area contributed by atoms with Gasteiger partial charge in [-0.2, -0.15) is 0 Å². The van der Waals surface area contributed by atoms with Crippen molar-refractivity contribution < 1.29 is 0 Å². The van der Waals surface area contributed by atoms with Crippen LogP contribution in [0.25, 0.3) is 0 Å². The Hall–Kier alpha value is -2.26.